The number of carbonyl (C=O) groups is 1. The van der Waals surface area contributed by atoms with Gasteiger partial charge in [-0.15, -0.1) is 0 Å². The maximum atomic E-state index is 11.3. The van der Waals surface area contributed by atoms with E-state index in [1.807, 2.05) is 48.6 Å². The Kier molecular flexibility index (Phi) is 5.34. The molecule has 0 heterocycles. The van der Waals surface area contributed by atoms with Gasteiger partial charge < -0.3 is 10.2 Å². The van der Waals surface area contributed by atoms with Crippen molar-refractivity contribution in [2.24, 2.45) is 0 Å². The largest absolute Gasteiger partial charge is 0.478 e. The lowest BCUT2D eigenvalue weighted by Gasteiger charge is -2.29. The third-order valence-electron chi connectivity index (χ3n) is 2.93. The average Bonchev–Trinajstić information content (AvgIpc) is 2.30. The number of carboxylic acids is 1. The molecule has 0 bridgehead atoms. The van der Waals surface area contributed by atoms with Crippen LogP contribution in [0.4, 0.5) is 0 Å². The van der Waals surface area contributed by atoms with Crippen molar-refractivity contribution in [3.63, 3.8) is 0 Å². The topological polar surface area (TPSA) is 57.5 Å². The van der Waals surface area contributed by atoms with Crippen molar-refractivity contribution in [1.29, 1.82) is 0 Å². The van der Waals surface area contributed by atoms with E-state index in [1.165, 1.54) is 4.08 Å². The lowest BCUT2D eigenvalue weighted by atomic mass is 9.83. The normalized spacial score (nSPS) is 15.2. The van der Waals surface area contributed by atoms with Crippen LogP contribution in [0.2, 0.25) is 0 Å². The highest BCUT2D eigenvalue weighted by Crippen LogP contribution is 2.35. The van der Waals surface area contributed by atoms with Crippen molar-refractivity contribution in [3.8, 4) is 0 Å². The van der Waals surface area contributed by atoms with Gasteiger partial charge in [-0.05, 0) is 23.0 Å². The first-order valence-electron chi connectivity index (χ1n) is 5.79. The Labute approximate surface area is 121 Å². The number of benzene rings is 1. The zero-order valence-corrected chi connectivity index (χ0v) is 12.6. The van der Waals surface area contributed by atoms with Gasteiger partial charge in [0.15, 0.2) is 0 Å². The summed E-state index contributed by atoms with van der Waals surface area (Å²) in [7, 11) is 0. The molecule has 0 aromatic heterocycles. The summed E-state index contributed by atoms with van der Waals surface area (Å²) in [6.45, 7) is 3.88. The first-order valence-corrected chi connectivity index (χ1v) is 7.04. The predicted molar refractivity (Wildman–Crippen MR) is 79.7 cm³/mol. The first kappa shape index (κ1) is 15.2. The zero-order valence-electron chi connectivity index (χ0n) is 10.5. The SMILES string of the molecule is CCCC(O)(/C(=C\I)C(=O)O)c1ccc(C)cc1. The molecule has 0 amide bonds. The Balaban J connectivity index is 3.30. The van der Waals surface area contributed by atoms with Gasteiger partial charge in [-0.3, -0.25) is 0 Å². The van der Waals surface area contributed by atoms with Crippen LogP contribution in [0.3, 0.4) is 0 Å². The van der Waals surface area contributed by atoms with Gasteiger partial charge in [-0.1, -0.05) is 65.8 Å². The van der Waals surface area contributed by atoms with Crippen LogP contribution in [0.5, 0.6) is 0 Å². The van der Waals surface area contributed by atoms with Gasteiger partial charge in [0.25, 0.3) is 0 Å². The molecular formula is C14H17IO3. The minimum absolute atomic E-state index is 0.0220. The van der Waals surface area contributed by atoms with E-state index in [9.17, 15) is 15.0 Å². The molecular weight excluding hydrogens is 343 g/mol. The summed E-state index contributed by atoms with van der Waals surface area (Å²) >= 11 is 1.86. The van der Waals surface area contributed by atoms with E-state index < -0.39 is 11.6 Å². The molecule has 1 unspecified atom stereocenters. The molecule has 0 aliphatic carbocycles. The molecule has 0 aliphatic rings. The van der Waals surface area contributed by atoms with Crippen LogP contribution in [-0.4, -0.2) is 16.2 Å². The van der Waals surface area contributed by atoms with Gasteiger partial charge in [0.1, 0.15) is 5.60 Å². The smallest absolute Gasteiger partial charge is 0.335 e. The highest BCUT2D eigenvalue weighted by Gasteiger charge is 2.36. The highest BCUT2D eigenvalue weighted by atomic mass is 127. The number of halogens is 1. The van der Waals surface area contributed by atoms with Crippen molar-refractivity contribution in [3.05, 3.63) is 45.0 Å². The standard InChI is InChI=1S/C14H17IO3/c1-3-8-14(18,12(9-15)13(16)17)11-6-4-10(2)5-7-11/h4-7,9,18H,3,8H2,1-2H3,(H,16,17)/b12-9-. The van der Waals surface area contributed by atoms with Crippen LogP contribution < -0.4 is 0 Å². The molecule has 0 fully saturated rings. The third kappa shape index (κ3) is 3.11. The molecule has 4 heteroatoms. The minimum Gasteiger partial charge on any atom is -0.478 e. The molecule has 2 N–H and O–H groups in total. The van der Waals surface area contributed by atoms with Crippen LogP contribution >= 0.6 is 22.6 Å². The van der Waals surface area contributed by atoms with E-state index in [0.29, 0.717) is 18.4 Å². The number of carboxylic acid groups (broad SMARTS) is 1. The molecule has 0 saturated carbocycles. The number of aliphatic carboxylic acids is 1. The Morgan fingerprint density at radius 2 is 1.94 bits per heavy atom. The fraction of sp³-hybridized carbons (Fsp3) is 0.357. The van der Waals surface area contributed by atoms with Gasteiger partial charge in [0.2, 0.25) is 0 Å². The maximum absolute atomic E-state index is 11.3. The molecule has 3 nitrogen and oxygen atoms in total. The molecule has 0 aliphatic heterocycles. The molecule has 98 valence electrons. The molecule has 18 heavy (non-hydrogen) atoms. The molecule has 1 atom stereocenters. The maximum Gasteiger partial charge on any atom is 0.335 e. The number of aryl methyl sites for hydroxylation is 1. The summed E-state index contributed by atoms with van der Waals surface area (Å²) in [6.07, 6.45) is 1.09. The summed E-state index contributed by atoms with van der Waals surface area (Å²) in [5.74, 6) is -1.08. The van der Waals surface area contributed by atoms with Crippen molar-refractivity contribution in [2.75, 3.05) is 0 Å². The molecule has 1 rings (SSSR count). The average molecular weight is 360 g/mol. The zero-order chi connectivity index (χ0) is 13.8. The Morgan fingerprint density at radius 1 is 1.39 bits per heavy atom. The lowest BCUT2D eigenvalue weighted by Crippen LogP contribution is -2.32. The van der Waals surface area contributed by atoms with Crippen LogP contribution in [0.15, 0.2) is 33.9 Å². The van der Waals surface area contributed by atoms with Gasteiger partial charge in [0.05, 0.1) is 5.57 Å². The molecule has 1 aromatic carbocycles. The second-order valence-electron chi connectivity index (χ2n) is 4.30. The summed E-state index contributed by atoms with van der Waals surface area (Å²) in [5, 5.41) is 20.0. The van der Waals surface area contributed by atoms with Crippen LogP contribution in [0.1, 0.15) is 30.9 Å². The van der Waals surface area contributed by atoms with Gasteiger partial charge in [-0.25, -0.2) is 4.79 Å². The summed E-state index contributed by atoms with van der Waals surface area (Å²) in [4.78, 5) is 11.3. The van der Waals surface area contributed by atoms with E-state index >= 15 is 0 Å². The summed E-state index contributed by atoms with van der Waals surface area (Å²) < 4.78 is 1.44. The summed E-state index contributed by atoms with van der Waals surface area (Å²) in [5.41, 5.74) is 0.303. The van der Waals surface area contributed by atoms with E-state index in [2.05, 4.69) is 0 Å². The van der Waals surface area contributed by atoms with E-state index in [4.69, 9.17) is 0 Å². The van der Waals surface area contributed by atoms with Crippen molar-refractivity contribution < 1.29 is 15.0 Å². The minimum atomic E-state index is -1.42. The van der Waals surface area contributed by atoms with E-state index in [-0.39, 0.29) is 5.57 Å². The quantitative estimate of drug-likeness (QED) is 0.625. The van der Waals surface area contributed by atoms with Gasteiger partial charge >= 0.3 is 5.97 Å². The molecule has 0 spiro atoms. The Hall–Kier alpha value is -0.880. The lowest BCUT2D eigenvalue weighted by molar-refractivity contribution is -0.135. The fourth-order valence-corrected chi connectivity index (χ4v) is 2.72. The van der Waals surface area contributed by atoms with E-state index in [1.54, 1.807) is 12.1 Å². The first-order chi connectivity index (χ1) is 8.45. The predicted octanol–water partition coefficient (Wildman–Crippen LogP) is 3.39. The number of hydrogen-bond acceptors (Lipinski definition) is 2. The second-order valence-corrected chi connectivity index (χ2v) is 4.93. The molecule has 0 saturated heterocycles. The van der Waals surface area contributed by atoms with Crippen molar-refractivity contribution >= 4 is 28.6 Å². The van der Waals surface area contributed by atoms with Gasteiger partial charge in [-0.2, -0.15) is 0 Å². The fourth-order valence-electron chi connectivity index (χ4n) is 1.94. The van der Waals surface area contributed by atoms with Crippen LogP contribution in [0, 0.1) is 6.92 Å². The van der Waals surface area contributed by atoms with Crippen LogP contribution in [-0.2, 0) is 10.4 Å². The van der Waals surface area contributed by atoms with Crippen molar-refractivity contribution in [2.45, 2.75) is 32.3 Å². The van der Waals surface area contributed by atoms with Crippen molar-refractivity contribution in [1.82, 2.24) is 0 Å². The summed E-state index contributed by atoms with van der Waals surface area (Å²) in [6, 6.07) is 7.33. The van der Waals surface area contributed by atoms with Crippen LogP contribution in [0.25, 0.3) is 0 Å². The number of hydrogen-bond donors (Lipinski definition) is 2. The number of aliphatic hydroxyl groups is 1. The molecule has 0 radical (unpaired) electrons. The third-order valence-corrected chi connectivity index (χ3v) is 3.55. The highest BCUT2D eigenvalue weighted by molar-refractivity contribution is 14.1. The number of rotatable bonds is 5. The van der Waals surface area contributed by atoms with E-state index in [0.717, 1.165) is 5.56 Å². The second kappa shape index (κ2) is 6.33. The van der Waals surface area contributed by atoms with Gasteiger partial charge in [0, 0.05) is 0 Å². The Morgan fingerprint density at radius 3 is 2.33 bits per heavy atom. The molecule has 1 aromatic rings. The monoisotopic (exact) mass is 360 g/mol. The Bertz CT molecular complexity index is 451.